The molecular formula is C54H74N2Ni. The van der Waals surface area contributed by atoms with Gasteiger partial charge in [0.15, 0.2) is 0 Å². The molecule has 0 N–H and O–H groups in total. The summed E-state index contributed by atoms with van der Waals surface area (Å²) in [6.07, 6.45) is 24.9. The van der Waals surface area contributed by atoms with Gasteiger partial charge in [-0.2, -0.15) is 71.8 Å². The largest absolute Gasteiger partial charge is 2.00 e. The van der Waals surface area contributed by atoms with Gasteiger partial charge in [-0.15, -0.1) is 0 Å². The standard InChI is InChI=1S/C40H60N2.2C7H7.Ni/c1-5-9-13-15-17-19-21-33-25-29-35(30-26-33)39-37(23-11-7-3)38(24-12-8-4)40(42(39)41)36-31-27-34(28-32-36)22-20-18-16-14-10-6-2;2*1-7-5-3-2-4-6-7;/h25-32H,5-24H2,1-4H3;2*3-6H,1H3;/q;2*-1;+2. The molecule has 310 valence electrons. The number of nitrogens with zero attached hydrogens (tertiary/aromatic N) is 2. The average molecular weight is 810 g/mol. The Hall–Kier alpha value is -3.55. The van der Waals surface area contributed by atoms with Gasteiger partial charge in [-0.25, -0.2) is 4.70 Å². The van der Waals surface area contributed by atoms with Gasteiger partial charge in [0.05, 0.1) is 0 Å². The van der Waals surface area contributed by atoms with Crippen LogP contribution >= 0.6 is 0 Å². The molecular weight excluding hydrogens is 735 g/mol. The minimum atomic E-state index is 0. The van der Waals surface area contributed by atoms with Crippen LogP contribution in [0.2, 0.25) is 0 Å². The van der Waals surface area contributed by atoms with Crippen LogP contribution in [0.25, 0.3) is 16.9 Å². The van der Waals surface area contributed by atoms with E-state index in [4.69, 9.17) is 0 Å². The van der Waals surface area contributed by atoms with Gasteiger partial charge >= 0.3 is 16.5 Å². The summed E-state index contributed by atoms with van der Waals surface area (Å²) in [4.78, 5) is 0. The van der Waals surface area contributed by atoms with Crippen molar-refractivity contribution in [1.29, 1.82) is 0 Å². The maximum absolute atomic E-state index is 11.8. The van der Waals surface area contributed by atoms with Gasteiger partial charge in [-0.3, -0.25) is 0 Å². The maximum Gasteiger partial charge on any atom is 2.00 e. The third-order valence-electron chi connectivity index (χ3n) is 10.8. The molecule has 2 nitrogen and oxygen atoms in total. The predicted octanol–water partition coefficient (Wildman–Crippen LogP) is 16.6. The van der Waals surface area contributed by atoms with Crippen LogP contribution in [0.1, 0.15) is 177 Å². The molecule has 0 saturated heterocycles. The van der Waals surface area contributed by atoms with Gasteiger partial charge in [0.1, 0.15) is 0 Å². The van der Waals surface area contributed by atoms with Gasteiger partial charge in [-0.05, 0) is 86.8 Å². The summed E-state index contributed by atoms with van der Waals surface area (Å²) >= 11 is 0. The van der Waals surface area contributed by atoms with Crippen LogP contribution in [0.3, 0.4) is 0 Å². The van der Waals surface area contributed by atoms with E-state index in [1.165, 1.54) is 110 Å². The van der Waals surface area contributed by atoms with Crippen molar-refractivity contribution < 1.29 is 21.2 Å². The van der Waals surface area contributed by atoms with Crippen molar-refractivity contribution in [3.8, 4) is 0 Å². The Bertz CT molecular complexity index is 1560. The summed E-state index contributed by atoms with van der Waals surface area (Å²) in [5.41, 5.74) is 24.2. The first-order chi connectivity index (χ1) is 27.4. The van der Waals surface area contributed by atoms with E-state index in [1.807, 2.05) is 48.5 Å². The molecule has 1 aliphatic heterocycles. The molecule has 0 unspecified atom stereocenters. The number of hydrogen-bond acceptors (Lipinski definition) is 0. The first-order valence-electron chi connectivity index (χ1n) is 22.4. The first-order valence-corrected chi connectivity index (χ1v) is 22.4. The second kappa shape index (κ2) is 30.5. The smallest absolute Gasteiger partial charge is 0.493 e. The Balaban J connectivity index is 0.000000621. The van der Waals surface area contributed by atoms with Crippen molar-refractivity contribution in [2.75, 3.05) is 0 Å². The average Bonchev–Trinajstić information content (AvgIpc) is 3.50. The van der Waals surface area contributed by atoms with E-state index in [9.17, 15) is 5.53 Å². The fourth-order valence-electron chi connectivity index (χ4n) is 7.31. The van der Waals surface area contributed by atoms with Crippen LogP contribution in [0.4, 0.5) is 0 Å². The fraction of sp³-hybridized carbons (Fsp3) is 0.481. The Morgan fingerprint density at radius 2 is 0.719 bits per heavy atom. The molecule has 0 amide bonds. The topological polar surface area (TPSA) is 25.3 Å². The van der Waals surface area contributed by atoms with E-state index >= 15 is 0 Å². The molecule has 0 aromatic heterocycles. The molecule has 1 heterocycles. The Labute approximate surface area is 360 Å². The Kier molecular flexibility index (Phi) is 26.6. The van der Waals surface area contributed by atoms with Crippen LogP contribution in [0.15, 0.2) is 108 Å². The third-order valence-corrected chi connectivity index (χ3v) is 10.8. The maximum atomic E-state index is 11.8. The minimum absolute atomic E-state index is 0. The minimum Gasteiger partial charge on any atom is -0.493 e. The molecule has 5 rings (SSSR count). The van der Waals surface area contributed by atoms with E-state index in [1.54, 1.807) is 4.70 Å². The monoisotopic (exact) mass is 809 g/mol. The number of rotatable bonds is 22. The van der Waals surface area contributed by atoms with Crippen molar-refractivity contribution in [2.24, 2.45) is 0 Å². The van der Waals surface area contributed by atoms with Gasteiger partial charge in [0, 0.05) is 22.3 Å². The molecule has 4 aromatic rings. The number of allylic oxidation sites excluding steroid dienone is 2. The van der Waals surface area contributed by atoms with Crippen molar-refractivity contribution >= 4 is 11.4 Å². The fourth-order valence-corrected chi connectivity index (χ4v) is 7.31. The summed E-state index contributed by atoms with van der Waals surface area (Å²) in [7, 11) is 0. The quantitative estimate of drug-likeness (QED) is 0.0327. The van der Waals surface area contributed by atoms with Crippen LogP contribution in [-0.2, 0) is 29.3 Å². The summed E-state index contributed by atoms with van der Waals surface area (Å²) < 4.78 is 1.54. The van der Waals surface area contributed by atoms with Crippen molar-refractivity contribution in [3.63, 3.8) is 0 Å². The summed E-state index contributed by atoms with van der Waals surface area (Å²) in [6.45, 7) is 13.2. The van der Waals surface area contributed by atoms with E-state index in [2.05, 4.69) is 102 Å². The van der Waals surface area contributed by atoms with Gasteiger partial charge in [-0.1, -0.05) is 143 Å². The van der Waals surface area contributed by atoms with Crippen molar-refractivity contribution in [3.05, 3.63) is 159 Å². The molecule has 0 radical (unpaired) electrons. The van der Waals surface area contributed by atoms with Crippen molar-refractivity contribution in [2.45, 2.75) is 170 Å². The SMILES string of the molecule is CCCCCCCCc1ccc(C2=C(CCCC)C(CCCC)=C(c3ccc(CCCCCCCC)cc3)[N+]2=[N-])cc1.Cc1cc[c-]cc1.Cc1cc[c-]cc1.[Ni+2]. The molecule has 0 saturated carbocycles. The van der Waals surface area contributed by atoms with E-state index in [0.29, 0.717) is 0 Å². The molecule has 0 fully saturated rings. The van der Waals surface area contributed by atoms with Gasteiger partial charge < -0.3 is 5.53 Å². The molecule has 0 bridgehead atoms. The van der Waals surface area contributed by atoms with E-state index in [0.717, 1.165) is 73.9 Å². The number of aryl methyl sites for hydroxylation is 4. The van der Waals surface area contributed by atoms with Crippen LogP contribution in [-0.4, -0.2) is 4.70 Å². The summed E-state index contributed by atoms with van der Waals surface area (Å²) in [5, 5.41) is 0. The number of hydrogen-bond donors (Lipinski definition) is 0. The van der Waals surface area contributed by atoms with Crippen LogP contribution < -0.4 is 0 Å². The molecule has 4 aromatic carbocycles. The van der Waals surface area contributed by atoms with Crippen LogP contribution in [0, 0.1) is 26.0 Å². The first kappa shape index (κ1) is 49.6. The summed E-state index contributed by atoms with van der Waals surface area (Å²) in [5.74, 6) is 0. The van der Waals surface area contributed by atoms with Gasteiger partial charge in [0.2, 0.25) is 11.4 Å². The zero-order chi connectivity index (χ0) is 40.2. The number of unbranched alkanes of at least 4 members (excludes halogenated alkanes) is 12. The van der Waals surface area contributed by atoms with Gasteiger partial charge in [0.25, 0.3) is 0 Å². The normalized spacial score (nSPS) is 12.1. The molecule has 0 atom stereocenters. The third kappa shape index (κ3) is 18.7. The molecule has 1 aliphatic rings. The zero-order valence-electron chi connectivity index (χ0n) is 36.6. The van der Waals surface area contributed by atoms with Crippen molar-refractivity contribution in [1.82, 2.24) is 0 Å². The molecule has 57 heavy (non-hydrogen) atoms. The Morgan fingerprint density at radius 3 is 1.02 bits per heavy atom. The molecule has 3 heteroatoms. The van der Waals surface area contributed by atoms with Crippen LogP contribution in [0.5, 0.6) is 0 Å². The second-order valence-corrected chi connectivity index (χ2v) is 15.8. The predicted molar refractivity (Wildman–Crippen MR) is 244 cm³/mol. The number of benzene rings is 4. The summed E-state index contributed by atoms with van der Waals surface area (Å²) in [6, 6.07) is 39.8. The van der Waals surface area contributed by atoms with E-state index < -0.39 is 0 Å². The zero-order valence-corrected chi connectivity index (χ0v) is 37.6. The van der Waals surface area contributed by atoms with E-state index in [-0.39, 0.29) is 16.5 Å². The second-order valence-electron chi connectivity index (χ2n) is 15.8. The Morgan fingerprint density at radius 1 is 0.404 bits per heavy atom. The molecule has 0 aliphatic carbocycles. The molecule has 0 spiro atoms.